The standard InChI is InChI=1S/C14H16ClN3O/c1-4-18-13(12(15)9-16-18)14(19)10-5-7-11(8-6-10)17(2)3/h5-9H,4H2,1-3H3. The molecule has 100 valence electrons. The highest BCUT2D eigenvalue weighted by Crippen LogP contribution is 2.21. The predicted molar refractivity (Wildman–Crippen MR) is 77.1 cm³/mol. The summed E-state index contributed by atoms with van der Waals surface area (Å²) >= 11 is 6.04. The fourth-order valence-corrected chi connectivity index (χ4v) is 2.10. The van der Waals surface area contributed by atoms with Crippen molar-refractivity contribution >= 4 is 23.1 Å². The Kier molecular flexibility index (Phi) is 3.90. The molecule has 0 atom stereocenters. The van der Waals surface area contributed by atoms with E-state index in [9.17, 15) is 4.79 Å². The van der Waals surface area contributed by atoms with Crippen LogP contribution in [0.5, 0.6) is 0 Å². The molecule has 2 rings (SSSR count). The molecular weight excluding hydrogens is 262 g/mol. The van der Waals surface area contributed by atoms with Gasteiger partial charge in [-0.25, -0.2) is 0 Å². The zero-order valence-corrected chi connectivity index (χ0v) is 12.0. The lowest BCUT2D eigenvalue weighted by molar-refractivity contribution is 0.102. The Hall–Kier alpha value is -1.81. The molecule has 0 spiro atoms. The molecule has 0 saturated carbocycles. The molecule has 0 aliphatic rings. The molecule has 0 aliphatic heterocycles. The minimum absolute atomic E-state index is 0.102. The normalized spacial score (nSPS) is 10.5. The molecule has 0 bridgehead atoms. The largest absolute Gasteiger partial charge is 0.378 e. The Balaban J connectivity index is 2.36. The predicted octanol–water partition coefficient (Wildman–Crippen LogP) is 2.85. The third-order valence-electron chi connectivity index (χ3n) is 2.96. The second-order valence-corrected chi connectivity index (χ2v) is 4.83. The highest BCUT2D eigenvalue weighted by molar-refractivity contribution is 6.34. The summed E-state index contributed by atoms with van der Waals surface area (Å²) in [5.41, 5.74) is 2.11. The molecule has 0 saturated heterocycles. The molecule has 1 heterocycles. The van der Waals surface area contributed by atoms with Gasteiger partial charge in [0.15, 0.2) is 0 Å². The minimum atomic E-state index is -0.102. The summed E-state index contributed by atoms with van der Waals surface area (Å²) < 4.78 is 1.62. The van der Waals surface area contributed by atoms with Crippen molar-refractivity contribution in [2.75, 3.05) is 19.0 Å². The van der Waals surface area contributed by atoms with Gasteiger partial charge in [0.05, 0.1) is 11.2 Å². The molecule has 1 aromatic carbocycles. The van der Waals surface area contributed by atoms with Gasteiger partial charge in [0.2, 0.25) is 5.78 Å². The third kappa shape index (κ3) is 2.63. The Morgan fingerprint density at radius 3 is 2.47 bits per heavy atom. The van der Waals surface area contributed by atoms with Crippen molar-refractivity contribution in [3.63, 3.8) is 0 Å². The van der Waals surface area contributed by atoms with Gasteiger partial charge in [0.25, 0.3) is 0 Å². The van der Waals surface area contributed by atoms with E-state index >= 15 is 0 Å². The van der Waals surface area contributed by atoms with Crippen molar-refractivity contribution in [2.45, 2.75) is 13.5 Å². The van der Waals surface area contributed by atoms with Crippen LogP contribution in [0.3, 0.4) is 0 Å². The average molecular weight is 278 g/mol. The number of hydrogen-bond donors (Lipinski definition) is 0. The molecule has 2 aromatic rings. The van der Waals surface area contributed by atoms with Crippen molar-refractivity contribution in [2.24, 2.45) is 0 Å². The fraction of sp³-hybridized carbons (Fsp3) is 0.286. The summed E-state index contributed by atoms with van der Waals surface area (Å²) in [4.78, 5) is 14.4. The fourth-order valence-electron chi connectivity index (χ4n) is 1.88. The van der Waals surface area contributed by atoms with Gasteiger partial charge >= 0.3 is 0 Å². The van der Waals surface area contributed by atoms with Crippen molar-refractivity contribution in [1.82, 2.24) is 9.78 Å². The number of halogens is 1. The topological polar surface area (TPSA) is 38.1 Å². The van der Waals surface area contributed by atoms with Gasteiger partial charge in [-0.3, -0.25) is 9.48 Å². The van der Waals surface area contributed by atoms with E-state index in [1.807, 2.05) is 38.1 Å². The van der Waals surface area contributed by atoms with E-state index in [1.165, 1.54) is 6.20 Å². The average Bonchev–Trinajstić information content (AvgIpc) is 2.79. The van der Waals surface area contributed by atoms with Crippen LogP contribution in [0.2, 0.25) is 5.02 Å². The highest BCUT2D eigenvalue weighted by atomic mass is 35.5. The van der Waals surface area contributed by atoms with Crippen molar-refractivity contribution < 1.29 is 4.79 Å². The van der Waals surface area contributed by atoms with Gasteiger partial charge in [0, 0.05) is 31.9 Å². The quantitative estimate of drug-likeness (QED) is 0.807. The van der Waals surface area contributed by atoms with E-state index in [1.54, 1.807) is 16.8 Å². The molecule has 0 amide bonds. The number of aryl methyl sites for hydroxylation is 1. The second-order valence-electron chi connectivity index (χ2n) is 4.43. The first-order valence-electron chi connectivity index (χ1n) is 6.08. The van der Waals surface area contributed by atoms with Crippen LogP contribution in [0.25, 0.3) is 0 Å². The Morgan fingerprint density at radius 2 is 1.95 bits per heavy atom. The zero-order valence-electron chi connectivity index (χ0n) is 11.2. The second kappa shape index (κ2) is 5.45. The van der Waals surface area contributed by atoms with E-state index in [2.05, 4.69) is 5.10 Å². The number of aromatic nitrogens is 2. The number of rotatable bonds is 4. The van der Waals surface area contributed by atoms with Gasteiger partial charge in [0.1, 0.15) is 5.69 Å². The van der Waals surface area contributed by atoms with Gasteiger partial charge < -0.3 is 4.90 Å². The van der Waals surface area contributed by atoms with Crippen LogP contribution in [0.1, 0.15) is 23.0 Å². The first kappa shape index (κ1) is 13.6. The molecule has 5 heteroatoms. The molecule has 4 nitrogen and oxygen atoms in total. The van der Waals surface area contributed by atoms with Crippen LogP contribution < -0.4 is 4.90 Å². The number of hydrogen-bond acceptors (Lipinski definition) is 3. The summed E-state index contributed by atoms with van der Waals surface area (Å²) in [6.45, 7) is 2.54. The van der Waals surface area contributed by atoms with E-state index in [0.29, 0.717) is 22.8 Å². The van der Waals surface area contributed by atoms with Gasteiger partial charge in [-0.05, 0) is 31.2 Å². The molecule has 0 unspecified atom stereocenters. The van der Waals surface area contributed by atoms with Gasteiger partial charge in [-0.15, -0.1) is 0 Å². The van der Waals surface area contributed by atoms with Crippen LogP contribution in [0.4, 0.5) is 5.69 Å². The Labute approximate surface area is 117 Å². The van der Waals surface area contributed by atoms with Crippen molar-refractivity contribution in [1.29, 1.82) is 0 Å². The number of benzene rings is 1. The van der Waals surface area contributed by atoms with Crippen LogP contribution >= 0.6 is 11.6 Å². The maximum Gasteiger partial charge on any atom is 0.212 e. The number of nitrogens with zero attached hydrogens (tertiary/aromatic N) is 3. The lowest BCUT2D eigenvalue weighted by Gasteiger charge is -2.12. The molecule has 0 aliphatic carbocycles. The smallest absolute Gasteiger partial charge is 0.212 e. The van der Waals surface area contributed by atoms with E-state index in [0.717, 1.165) is 5.69 Å². The summed E-state index contributed by atoms with van der Waals surface area (Å²) in [6, 6.07) is 7.43. The van der Waals surface area contributed by atoms with Gasteiger partial charge in [-0.1, -0.05) is 11.6 Å². The summed E-state index contributed by atoms with van der Waals surface area (Å²) in [7, 11) is 3.92. The van der Waals surface area contributed by atoms with E-state index in [-0.39, 0.29) is 5.78 Å². The Morgan fingerprint density at radius 1 is 1.32 bits per heavy atom. The maximum atomic E-state index is 12.4. The number of anilines is 1. The maximum absolute atomic E-state index is 12.4. The third-order valence-corrected chi connectivity index (χ3v) is 3.23. The van der Waals surface area contributed by atoms with Crippen molar-refractivity contribution in [3.8, 4) is 0 Å². The van der Waals surface area contributed by atoms with Crippen LogP contribution in [0.15, 0.2) is 30.5 Å². The summed E-state index contributed by atoms with van der Waals surface area (Å²) in [5, 5.41) is 4.47. The van der Waals surface area contributed by atoms with Crippen LogP contribution in [0, 0.1) is 0 Å². The first-order chi connectivity index (χ1) is 9.04. The van der Waals surface area contributed by atoms with Gasteiger partial charge in [-0.2, -0.15) is 5.10 Å². The highest BCUT2D eigenvalue weighted by Gasteiger charge is 2.18. The summed E-state index contributed by atoms with van der Waals surface area (Å²) in [5.74, 6) is -0.102. The molecule has 19 heavy (non-hydrogen) atoms. The first-order valence-corrected chi connectivity index (χ1v) is 6.45. The lowest BCUT2D eigenvalue weighted by atomic mass is 10.1. The summed E-state index contributed by atoms with van der Waals surface area (Å²) in [6.07, 6.45) is 1.51. The monoisotopic (exact) mass is 277 g/mol. The lowest BCUT2D eigenvalue weighted by Crippen LogP contribution is -2.12. The van der Waals surface area contributed by atoms with E-state index < -0.39 is 0 Å². The molecule has 1 aromatic heterocycles. The molecule has 0 fully saturated rings. The zero-order chi connectivity index (χ0) is 14.0. The molecular formula is C14H16ClN3O. The van der Waals surface area contributed by atoms with Crippen molar-refractivity contribution in [3.05, 3.63) is 46.7 Å². The molecule has 0 N–H and O–H groups in total. The number of carbonyl (C=O) groups excluding carboxylic acids is 1. The van der Waals surface area contributed by atoms with E-state index in [4.69, 9.17) is 11.6 Å². The SMILES string of the molecule is CCn1ncc(Cl)c1C(=O)c1ccc(N(C)C)cc1. The Bertz CT molecular complexity index is 587. The number of ketones is 1. The minimum Gasteiger partial charge on any atom is -0.378 e. The number of carbonyl (C=O) groups is 1. The molecule has 0 radical (unpaired) electrons. The van der Waals surface area contributed by atoms with Crippen LogP contribution in [-0.2, 0) is 6.54 Å². The van der Waals surface area contributed by atoms with Crippen LogP contribution in [-0.4, -0.2) is 29.7 Å².